The summed E-state index contributed by atoms with van der Waals surface area (Å²) in [5.41, 5.74) is 5.89. The monoisotopic (exact) mass is 216 g/mol. The van der Waals surface area contributed by atoms with Crippen LogP contribution in [-0.2, 0) is 4.79 Å². The molecule has 14 heavy (non-hydrogen) atoms. The first-order valence-electron chi connectivity index (χ1n) is 5.20. The standard InChI is InChI=1S/C10H20N2OS/c1-8(11)9-5-3-4-6-12(9)10(13)7-14-2/h8-9H,3-7,11H2,1-2H3. The van der Waals surface area contributed by atoms with Gasteiger partial charge in [0.05, 0.1) is 5.75 Å². The molecule has 1 heterocycles. The average Bonchev–Trinajstić information content (AvgIpc) is 2.18. The van der Waals surface area contributed by atoms with Crippen molar-refractivity contribution in [2.75, 3.05) is 18.6 Å². The van der Waals surface area contributed by atoms with Crippen LogP contribution in [0.25, 0.3) is 0 Å². The Bertz CT molecular complexity index is 197. The predicted octanol–water partition coefficient (Wildman–Crippen LogP) is 1.08. The maximum Gasteiger partial charge on any atom is 0.232 e. The molecule has 1 fully saturated rings. The molecule has 0 aromatic carbocycles. The molecule has 1 rings (SSSR count). The fourth-order valence-electron chi connectivity index (χ4n) is 2.02. The van der Waals surface area contributed by atoms with Crippen molar-refractivity contribution in [1.29, 1.82) is 0 Å². The van der Waals surface area contributed by atoms with Gasteiger partial charge in [-0.2, -0.15) is 11.8 Å². The Morgan fingerprint density at radius 3 is 2.93 bits per heavy atom. The van der Waals surface area contributed by atoms with Crippen molar-refractivity contribution in [1.82, 2.24) is 4.90 Å². The molecule has 1 aliphatic rings. The summed E-state index contributed by atoms with van der Waals surface area (Å²) in [4.78, 5) is 13.7. The van der Waals surface area contributed by atoms with Crippen molar-refractivity contribution >= 4 is 17.7 Å². The first-order valence-corrected chi connectivity index (χ1v) is 6.60. The summed E-state index contributed by atoms with van der Waals surface area (Å²) in [7, 11) is 0. The lowest BCUT2D eigenvalue weighted by atomic mass is 9.97. The van der Waals surface area contributed by atoms with E-state index in [0.29, 0.717) is 5.75 Å². The van der Waals surface area contributed by atoms with Crippen molar-refractivity contribution in [3.63, 3.8) is 0 Å². The van der Waals surface area contributed by atoms with E-state index >= 15 is 0 Å². The zero-order valence-electron chi connectivity index (χ0n) is 9.03. The second kappa shape index (κ2) is 5.61. The molecule has 3 nitrogen and oxygen atoms in total. The summed E-state index contributed by atoms with van der Waals surface area (Å²) >= 11 is 1.59. The molecule has 2 atom stereocenters. The Hall–Kier alpha value is -0.220. The number of carbonyl (C=O) groups excluding carboxylic acids is 1. The quantitative estimate of drug-likeness (QED) is 0.768. The van der Waals surface area contributed by atoms with Gasteiger partial charge >= 0.3 is 0 Å². The van der Waals surface area contributed by atoms with E-state index in [4.69, 9.17) is 5.73 Å². The Morgan fingerprint density at radius 1 is 1.64 bits per heavy atom. The minimum atomic E-state index is 0.0982. The van der Waals surface area contributed by atoms with E-state index in [1.54, 1.807) is 11.8 Å². The van der Waals surface area contributed by atoms with Gasteiger partial charge in [0.15, 0.2) is 0 Å². The fraction of sp³-hybridized carbons (Fsp3) is 0.900. The summed E-state index contributed by atoms with van der Waals surface area (Å²) in [6.45, 7) is 2.89. The van der Waals surface area contributed by atoms with Gasteiger partial charge in [-0.3, -0.25) is 4.79 Å². The third kappa shape index (κ3) is 2.89. The van der Waals surface area contributed by atoms with Gasteiger partial charge in [-0.05, 0) is 32.4 Å². The zero-order chi connectivity index (χ0) is 10.6. The molecule has 2 N–H and O–H groups in total. The topological polar surface area (TPSA) is 46.3 Å². The van der Waals surface area contributed by atoms with Crippen LogP contribution >= 0.6 is 11.8 Å². The summed E-state index contributed by atoms with van der Waals surface area (Å²) in [5, 5.41) is 0. The third-order valence-corrected chi connectivity index (χ3v) is 3.28. The average molecular weight is 216 g/mol. The van der Waals surface area contributed by atoms with Gasteiger partial charge < -0.3 is 10.6 Å². The number of nitrogens with two attached hydrogens (primary N) is 1. The number of piperidine rings is 1. The molecule has 0 aromatic rings. The summed E-state index contributed by atoms with van der Waals surface area (Å²) in [6.07, 6.45) is 5.36. The fourth-order valence-corrected chi connectivity index (χ4v) is 2.43. The molecule has 0 bridgehead atoms. The Kier molecular flexibility index (Phi) is 4.75. The third-order valence-electron chi connectivity index (χ3n) is 2.74. The molecule has 1 saturated heterocycles. The smallest absolute Gasteiger partial charge is 0.232 e. The summed E-state index contributed by atoms with van der Waals surface area (Å²) in [6, 6.07) is 0.365. The highest BCUT2D eigenvalue weighted by Gasteiger charge is 2.28. The number of amides is 1. The van der Waals surface area contributed by atoms with Crippen LogP contribution in [0.5, 0.6) is 0 Å². The van der Waals surface area contributed by atoms with Crippen molar-refractivity contribution in [2.45, 2.75) is 38.3 Å². The van der Waals surface area contributed by atoms with Crippen molar-refractivity contribution in [3.05, 3.63) is 0 Å². The van der Waals surface area contributed by atoms with E-state index in [9.17, 15) is 4.79 Å². The van der Waals surface area contributed by atoms with E-state index in [-0.39, 0.29) is 18.0 Å². The zero-order valence-corrected chi connectivity index (χ0v) is 9.85. The highest BCUT2D eigenvalue weighted by molar-refractivity contribution is 7.99. The van der Waals surface area contributed by atoms with Gasteiger partial charge in [-0.25, -0.2) is 0 Å². The predicted molar refractivity (Wildman–Crippen MR) is 61.4 cm³/mol. The highest BCUT2D eigenvalue weighted by Crippen LogP contribution is 2.19. The first kappa shape index (κ1) is 11.9. The second-order valence-electron chi connectivity index (χ2n) is 3.94. The molecule has 0 aromatic heterocycles. The molecule has 0 saturated carbocycles. The van der Waals surface area contributed by atoms with Gasteiger partial charge in [-0.15, -0.1) is 0 Å². The van der Waals surface area contributed by atoms with E-state index in [2.05, 4.69) is 0 Å². The van der Waals surface area contributed by atoms with Crippen molar-refractivity contribution in [3.8, 4) is 0 Å². The van der Waals surface area contributed by atoms with Crippen LogP contribution in [0.3, 0.4) is 0 Å². The summed E-state index contributed by atoms with van der Waals surface area (Å²) < 4.78 is 0. The van der Waals surface area contributed by atoms with Crippen molar-refractivity contribution in [2.24, 2.45) is 5.73 Å². The molecule has 2 unspecified atom stereocenters. The number of likely N-dealkylation sites (tertiary alicyclic amines) is 1. The molecule has 4 heteroatoms. The number of nitrogens with zero attached hydrogens (tertiary/aromatic N) is 1. The van der Waals surface area contributed by atoms with E-state index in [1.807, 2.05) is 18.1 Å². The maximum atomic E-state index is 11.8. The maximum absolute atomic E-state index is 11.8. The largest absolute Gasteiger partial charge is 0.337 e. The molecule has 1 amide bonds. The summed E-state index contributed by atoms with van der Waals surface area (Å²) in [5.74, 6) is 0.836. The Labute approximate surface area is 90.4 Å². The van der Waals surface area contributed by atoms with E-state index in [0.717, 1.165) is 19.4 Å². The molecule has 0 radical (unpaired) electrons. The normalized spacial score (nSPS) is 24.8. The molecule has 82 valence electrons. The minimum Gasteiger partial charge on any atom is -0.337 e. The lowest BCUT2D eigenvalue weighted by Crippen LogP contribution is -2.52. The van der Waals surface area contributed by atoms with Gasteiger partial charge in [0.25, 0.3) is 0 Å². The van der Waals surface area contributed by atoms with Gasteiger partial charge in [0.1, 0.15) is 0 Å². The van der Waals surface area contributed by atoms with Crippen LogP contribution < -0.4 is 5.73 Å². The highest BCUT2D eigenvalue weighted by atomic mass is 32.2. The second-order valence-corrected chi connectivity index (χ2v) is 4.81. The van der Waals surface area contributed by atoms with Crippen LogP contribution in [0.2, 0.25) is 0 Å². The van der Waals surface area contributed by atoms with Crippen molar-refractivity contribution < 1.29 is 4.79 Å². The lowest BCUT2D eigenvalue weighted by Gasteiger charge is -2.38. The molecular weight excluding hydrogens is 196 g/mol. The van der Waals surface area contributed by atoms with Crippen LogP contribution in [0.15, 0.2) is 0 Å². The number of hydrogen-bond donors (Lipinski definition) is 1. The number of thioether (sulfide) groups is 1. The van der Waals surface area contributed by atoms with Gasteiger partial charge in [0, 0.05) is 18.6 Å². The SMILES string of the molecule is CSCC(=O)N1CCCCC1C(C)N. The van der Waals surface area contributed by atoms with Crippen LogP contribution in [-0.4, -0.2) is 41.4 Å². The minimum absolute atomic E-state index is 0.0982. The van der Waals surface area contributed by atoms with E-state index < -0.39 is 0 Å². The molecule has 0 spiro atoms. The van der Waals surface area contributed by atoms with E-state index in [1.165, 1.54) is 6.42 Å². The first-order chi connectivity index (χ1) is 6.66. The van der Waals surface area contributed by atoms with Crippen LogP contribution in [0.4, 0.5) is 0 Å². The molecule has 0 aliphatic carbocycles. The Morgan fingerprint density at radius 2 is 2.36 bits per heavy atom. The van der Waals surface area contributed by atoms with Gasteiger partial charge in [-0.1, -0.05) is 0 Å². The van der Waals surface area contributed by atoms with Crippen LogP contribution in [0, 0.1) is 0 Å². The molecule has 1 aliphatic heterocycles. The number of rotatable bonds is 3. The van der Waals surface area contributed by atoms with Gasteiger partial charge in [0.2, 0.25) is 5.91 Å². The van der Waals surface area contributed by atoms with Crippen LogP contribution in [0.1, 0.15) is 26.2 Å². The lowest BCUT2D eigenvalue weighted by molar-refractivity contribution is -0.132. The number of carbonyl (C=O) groups is 1. The number of hydrogen-bond acceptors (Lipinski definition) is 3. The molecular formula is C10H20N2OS. The Balaban J connectivity index is 2.57.